The number of nitrogens with one attached hydrogen (secondary N) is 1. The van der Waals surface area contributed by atoms with Crippen molar-refractivity contribution >= 4 is 17.7 Å². The Kier molecular flexibility index (Phi) is 4.99. The van der Waals surface area contributed by atoms with Crippen molar-refractivity contribution in [2.45, 2.75) is 13.2 Å². The Labute approximate surface area is 145 Å². The van der Waals surface area contributed by atoms with E-state index in [1.165, 1.54) is 0 Å². The van der Waals surface area contributed by atoms with E-state index in [-0.39, 0.29) is 18.6 Å². The molecule has 0 fully saturated rings. The number of nitrogens with zero attached hydrogens (tertiary/aromatic N) is 3. The molecule has 0 aliphatic carbocycles. The van der Waals surface area contributed by atoms with Crippen LogP contribution in [0.15, 0.2) is 30.6 Å². The Balaban J connectivity index is 1.70. The van der Waals surface area contributed by atoms with Gasteiger partial charge in [0, 0.05) is 43.7 Å². The third kappa shape index (κ3) is 3.97. The van der Waals surface area contributed by atoms with Crippen LogP contribution in [-0.4, -0.2) is 46.9 Å². The molecule has 25 heavy (non-hydrogen) atoms. The standard InChI is InChI=1S/C17H20N4O4/c1-20-9-12(8-18-20)10-21(5-6-24-2)17(23)19-14-3-4-15-13(7-14)11-25-16(15)22/h3-4,7-9H,5-6,10-11H2,1-2H3,(H,19,23). The second-order valence-corrected chi connectivity index (χ2v) is 5.81. The number of aromatic nitrogens is 2. The largest absolute Gasteiger partial charge is 0.457 e. The van der Waals surface area contributed by atoms with Gasteiger partial charge in [-0.15, -0.1) is 0 Å². The molecule has 0 bridgehead atoms. The van der Waals surface area contributed by atoms with Gasteiger partial charge in [-0.05, 0) is 18.2 Å². The van der Waals surface area contributed by atoms with Crippen LogP contribution in [0.3, 0.4) is 0 Å². The second-order valence-electron chi connectivity index (χ2n) is 5.81. The van der Waals surface area contributed by atoms with Crippen LogP contribution in [0, 0.1) is 0 Å². The minimum Gasteiger partial charge on any atom is -0.457 e. The highest BCUT2D eigenvalue weighted by Gasteiger charge is 2.22. The summed E-state index contributed by atoms with van der Waals surface area (Å²) in [6.07, 6.45) is 3.59. The Morgan fingerprint density at radius 1 is 1.48 bits per heavy atom. The summed E-state index contributed by atoms with van der Waals surface area (Å²) in [6.45, 7) is 1.54. The van der Waals surface area contributed by atoms with Gasteiger partial charge in [0.15, 0.2) is 0 Å². The monoisotopic (exact) mass is 344 g/mol. The Morgan fingerprint density at radius 3 is 3.04 bits per heavy atom. The van der Waals surface area contributed by atoms with Crippen LogP contribution in [0.5, 0.6) is 0 Å². The van der Waals surface area contributed by atoms with Crippen molar-refractivity contribution in [2.24, 2.45) is 7.05 Å². The SMILES string of the molecule is COCCN(Cc1cnn(C)c1)C(=O)Nc1ccc2c(c1)COC2=O. The number of esters is 1. The molecule has 132 valence electrons. The number of hydrogen-bond acceptors (Lipinski definition) is 5. The molecule has 1 aromatic heterocycles. The van der Waals surface area contributed by atoms with E-state index in [0.717, 1.165) is 11.1 Å². The first-order chi connectivity index (χ1) is 12.1. The van der Waals surface area contributed by atoms with Crippen molar-refractivity contribution in [2.75, 3.05) is 25.6 Å². The van der Waals surface area contributed by atoms with E-state index in [1.807, 2.05) is 13.2 Å². The van der Waals surface area contributed by atoms with Crippen molar-refractivity contribution < 1.29 is 19.1 Å². The van der Waals surface area contributed by atoms with Crippen molar-refractivity contribution in [3.05, 3.63) is 47.3 Å². The fourth-order valence-electron chi connectivity index (χ4n) is 2.64. The van der Waals surface area contributed by atoms with Crippen LogP contribution >= 0.6 is 0 Å². The number of rotatable bonds is 6. The van der Waals surface area contributed by atoms with Gasteiger partial charge in [0.05, 0.1) is 24.9 Å². The normalized spacial score (nSPS) is 12.6. The summed E-state index contributed by atoms with van der Waals surface area (Å²) in [5.74, 6) is -0.328. The summed E-state index contributed by atoms with van der Waals surface area (Å²) >= 11 is 0. The van der Waals surface area contributed by atoms with E-state index in [0.29, 0.717) is 30.9 Å². The predicted molar refractivity (Wildman–Crippen MR) is 90.1 cm³/mol. The summed E-state index contributed by atoms with van der Waals surface area (Å²) in [5.41, 5.74) is 2.88. The molecule has 1 N–H and O–H groups in total. The molecule has 8 nitrogen and oxygen atoms in total. The van der Waals surface area contributed by atoms with Gasteiger partial charge in [0.1, 0.15) is 6.61 Å². The molecular weight excluding hydrogens is 324 g/mol. The fraction of sp³-hybridized carbons (Fsp3) is 0.353. The number of amides is 2. The maximum Gasteiger partial charge on any atom is 0.338 e. The summed E-state index contributed by atoms with van der Waals surface area (Å²) < 4.78 is 11.8. The molecule has 2 amide bonds. The maximum absolute atomic E-state index is 12.6. The van der Waals surface area contributed by atoms with E-state index in [1.54, 1.807) is 41.1 Å². The molecule has 2 aromatic rings. The van der Waals surface area contributed by atoms with Gasteiger partial charge in [-0.1, -0.05) is 0 Å². The fourth-order valence-corrected chi connectivity index (χ4v) is 2.64. The van der Waals surface area contributed by atoms with Crippen LogP contribution in [0.4, 0.5) is 10.5 Å². The molecular formula is C17H20N4O4. The minimum absolute atomic E-state index is 0.237. The van der Waals surface area contributed by atoms with Gasteiger partial charge in [-0.3, -0.25) is 4.68 Å². The van der Waals surface area contributed by atoms with Gasteiger partial charge in [0.2, 0.25) is 0 Å². The molecule has 0 saturated carbocycles. The third-order valence-electron chi connectivity index (χ3n) is 3.92. The van der Waals surface area contributed by atoms with E-state index in [9.17, 15) is 9.59 Å². The zero-order valence-electron chi connectivity index (χ0n) is 14.2. The number of hydrogen-bond donors (Lipinski definition) is 1. The highest BCUT2D eigenvalue weighted by atomic mass is 16.5. The summed E-state index contributed by atoms with van der Waals surface area (Å²) in [5, 5.41) is 6.98. The van der Waals surface area contributed by atoms with Gasteiger partial charge in [-0.2, -0.15) is 5.10 Å². The summed E-state index contributed by atoms with van der Waals surface area (Å²) in [6, 6.07) is 4.88. The number of fused-ring (bicyclic) bond motifs is 1. The maximum atomic E-state index is 12.6. The van der Waals surface area contributed by atoms with Crippen molar-refractivity contribution in [1.29, 1.82) is 0 Å². The number of methoxy groups -OCH3 is 1. The molecule has 2 heterocycles. The van der Waals surface area contributed by atoms with E-state index in [4.69, 9.17) is 9.47 Å². The highest BCUT2D eigenvalue weighted by molar-refractivity contribution is 5.95. The number of cyclic esters (lactones) is 1. The Bertz CT molecular complexity index is 787. The topological polar surface area (TPSA) is 85.7 Å². The molecule has 0 radical (unpaired) electrons. The Morgan fingerprint density at radius 2 is 2.32 bits per heavy atom. The second kappa shape index (κ2) is 7.35. The van der Waals surface area contributed by atoms with Crippen LogP contribution < -0.4 is 5.32 Å². The van der Waals surface area contributed by atoms with Crippen LogP contribution in [0.2, 0.25) is 0 Å². The van der Waals surface area contributed by atoms with E-state index in [2.05, 4.69) is 10.4 Å². The molecule has 8 heteroatoms. The minimum atomic E-state index is -0.328. The first-order valence-electron chi connectivity index (χ1n) is 7.89. The quantitative estimate of drug-likeness (QED) is 0.807. The number of carbonyl (C=O) groups is 2. The predicted octanol–water partition coefficient (Wildman–Crippen LogP) is 1.77. The molecule has 0 spiro atoms. The average Bonchev–Trinajstić information content (AvgIpc) is 3.17. The number of anilines is 1. The number of aryl methyl sites for hydroxylation is 1. The smallest absolute Gasteiger partial charge is 0.338 e. The highest BCUT2D eigenvalue weighted by Crippen LogP contribution is 2.23. The van der Waals surface area contributed by atoms with E-state index < -0.39 is 0 Å². The molecule has 0 unspecified atom stereocenters. The zero-order valence-corrected chi connectivity index (χ0v) is 14.2. The third-order valence-corrected chi connectivity index (χ3v) is 3.92. The number of benzene rings is 1. The van der Waals surface area contributed by atoms with Crippen molar-refractivity contribution in [3.8, 4) is 0 Å². The van der Waals surface area contributed by atoms with E-state index >= 15 is 0 Å². The molecule has 1 aliphatic rings. The first kappa shape index (κ1) is 17.0. The average molecular weight is 344 g/mol. The number of urea groups is 1. The lowest BCUT2D eigenvalue weighted by molar-refractivity contribution is 0.0535. The molecule has 3 rings (SSSR count). The van der Waals surface area contributed by atoms with Crippen LogP contribution in [-0.2, 0) is 29.7 Å². The van der Waals surface area contributed by atoms with Gasteiger partial charge in [0.25, 0.3) is 0 Å². The summed E-state index contributed by atoms with van der Waals surface area (Å²) in [7, 11) is 3.43. The van der Waals surface area contributed by atoms with Gasteiger partial charge in [-0.25, -0.2) is 9.59 Å². The van der Waals surface area contributed by atoms with Gasteiger partial charge < -0.3 is 19.7 Å². The lowest BCUT2D eigenvalue weighted by Crippen LogP contribution is -2.36. The lowest BCUT2D eigenvalue weighted by atomic mass is 10.1. The van der Waals surface area contributed by atoms with Gasteiger partial charge >= 0.3 is 12.0 Å². The molecule has 1 aliphatic heterocycles. The number of carbonyl (C=O) groups excluding carboxylic acids is 2. The van der Waals surface area contributed by atoms with Crippen LogP contribution in [0.1, 0.15) is 21.5 Å². The van der Waals surface area contributed by atoms with Crippen molar-refractivity contribution in [3.63, 3.8) is 0 Å². The first-order valence-corrected chi connectivity index (χ1v) is 7.89. The van der Waals surface area contributed by atoms with Crippen molar-refractivity contribution in [1.82, 2.24) is 14.7 Å². The van der Waals surface area contributed by atoms with Crippen LogP contribution in [0.25, 0.3) is 0 Å². The number of ether oxygens (including phenoxy) is 2. The summed E-state index contributed by atoms with van der Waals surface area (Å²) in [4.78, 5) is 25.8. The molecule has 1 aromatic carbocycles. The zero-order chi connectivity index (χ0) is 17.8. The molecule has 0 saturated heterocycles. The molecule has 0 atom stereocenters. The lowest BCUT2D eigenvalue weighted by Gasteiger charge is -2.22. The Hall–Kier alpha value is -2.87.